The first-order valence-electron chi connectivity index (χ1n) is 9.18. The summed E-state index contributed by atoms with van der Waals surface area (Å²) in [6, 6.07) is 11.9. The largest absolute Gasteiger partial charge is 0.270 e. The molecule has 4 aromatic rings. The van der Waals surface area contributed by atoms with E-state index >= 15 is 0 Å². The van der Waals surface area contributed by atoms with Gasteiger partial charge in [-0.05, 0) is 37.6 Å². The predicted molar refractivity (Wildman–Crippen MR) is 105 cm³/mol. The number of hydrogen-bond acceptors (Lipinski definition) is 4. The number of alkyl halides is 2. The fourth-order valence-corrected chi connectivity index (χ4v) is 3.17. The second-order valence-electron chi connectivity index (χ2n) is 7.07. The molecule has 0 unspecified atom stereocenters. The Balaban J connectivity index is 1.78. The van der Waals surface area contributed by atoms with Crippen molar-refractivity contribution in [1.29, 1.82) is 0 Å². The molecule has 148 valence electrons. The van der Waals surface area contributed by atoms with Crippen LogP contribution >= 0.6 is 0 Å². The van der Waals surface area contributed by atoms with Crippen molar-refractivity contribution in [1.82, 2.24) is 29.5 Å². The summed E-state index contributed by atoms with van der Waals surface area (Å²) in [7, 11) is 0. The minimum absolute atomic E-state index is 0.0184. The van der Waals surface area contributed by atoms with E-state index < -0.39 is 5.92 Å². The van der Waals surface area contributed by atoms with Crippen LogP contribution in [0.1, 0.15) is 35.1 Å². The molecular formula is C21H20F2N6. The van der Waals surface area contributed by atoms with Crippen molar-refractivity contribution < 1.29 is 8.78 Å². The molecule has 0 amide bonds. The van der Waals surface area contributed by atoms with Gasteiger partial charge in [0, 0.05) is 43.1 Å². The molecule has 29 heavy (non-hydrogen) atoms. The van der Waals surface area contributed by atoms with Gasteiger partial charge in [-0.1, -0.05) is 18.2 Å². The average molecular weight is 394 g/mol. The third kappa shape index (κ3) is 4.06. The molecule has 0 spiro atoms. The second kappa shape index (κ2) is 7.20. The molecule has 6 nitrogen and oxygen atoms in total. The number of aryl methyl sites for hydroxylation is 2. The van der Waals surface area contributed by atoms with Crippen LogP contribution in [0.25, 0.3) is 11.8 Å². The lowest BCUT2D eigenvalue weighted by Gasteiger charge is -2.13. The highest BCUT2D eigenvalue weighted by molar-refractivity contribution is 5.34. The summed E-state index contributed by atoms with van der Waals surface area (Å²) in [6.07, 6.45) is 3.83. The Morgan fingerprint density at radius 3 is 2.52 bits per heavy atom. The summed E-state index contributed by atoms with van der Waals surface area (Å²) in [5.74, 6) is -1.90. The fourth-order valence-electron chi connectivity index (χ4n) is 3.17. The first kappa shape index (κ1) is 18.9. The highest BCUT2D eigenvalue weighted by atomic mass is 19.3. The molecule has 3 heterocycles. The van der Waals surface area contributed by atoms with E-state index in [1.54, 1.807) is 40.0 Å². The molecule has 0 saturated heterocycles. The van der Waals surface area contributed by atoms with E-state index in [0.29, 0.717) is 23.9 Å². The zero-order chi connectivity index (χ0) is 20.6. The van der Waals surface area contributed by atoms with Crippen molar-refractivity contribution in [2.75, 3.05) is 0 Å². The Morgan fingerprint density at radius 1 is 1.03 bits per heavy atom. The third-order valence-corrected chi connectivity index (χ3v) is 4.51. The lowest BCUT2D eigenvalue weighted by Crippen LogP contribution is -2.11. The van der Waals surface area contributed by atoms with E-state index in [0.717, 1.165) is 23.9 Å². The summed E-state index contributed by atoms with van der Waals surface area (Å²) in [4.78, 5) is 9.22. The molecule has 0 bridgehead atoms. The van der Waals surface area contributed by atoms with Crippen LogP contribution in [0, 0.1) is 13.8 Å². The topological polar surface area (TPSA) is 61.4 Å². The molecule has 0 radical (unpaired) electrons. The summed E-state index contributed by atoms with van der Waals surface area (Å²) in [5, 5.41) is 8.70. The van der Waals surface area contributed by atoms with Crippen molar-refractivity contribution in [2.24, 2.45) is 0 Å². The molecule has 0 atom stereocenters. The monoisotopic (exact) mass is 394 g/mol. The highest BCUT2D eigenvalue weighted by Gasteiger charge is 2.24. The lowest BCUT2D eigenvalue weighted by molar-refractivity contribution is 0.0174. The highest BCUT2D eigenvalue weighted by Crippen LogP contribution is 2.28. The van der Waals surface area contributed by atoms with Gasteiger partial charge in [0.1, 0.15) is 0 Å². The SMILES string of the molecule is Cc1cc(C)n(-c2nc(Cc3cccc(C(C)(F)F)c3)cc(-n3cccn3)n2)n1. The average Bonchev–Trinajstić information content (AvgIpc) is 3.30. The molecule has 0 aliphatic rings. The Kier molecular flexibility index (Phi) is 4.70. The Labute approximate surface area is 166 Å². The smallest absolute Gasteiger partial charge is 0.222 e. The van der Waals surface area contributed by atoms with Gasteiger partial charge in [0.25, 0.3) is 11.9 Å². The Bertz CT molecular complexity index is 1140. The van der Waals surface area contributed by atoms with Crippen molar-refractivity contribution in [2.45, 2.75) is 33.1 Å². The van der Waals surface area contributed by atoms with Crippen LogP contribution in [0.3, 0.4) is 0 Å². The van der Waals surface area contributed by atoms with Crippen LogP contribution in [0.5, 0.6) is 0 Å². The molecule has 3 aromatic heterocycles. The van der Waals surface area contributed by atoms with Crippen LogP contribution < -0.4 is 0 Å². The van der Waals surface area contributed by atoms with Gasteiger partial charge in [0.05, 0.1) is 11.4 Å². The van der Waals surface area contributed by atoms with E-state index in [9.17, 15) is 8.78 Å². The molecule has 0 saturated carbocycles. The van der Waals surface area contributed by atoms with Gasteiger partial charge in [-0.15, -0.1) is 0 Å². The van der Waals surface area contributed by atoms with Gasteiger partial charge in [-0.3, -0.25) is 0 Å². The first-order valence-corrected chi connectivity index (χ1v) is 9.18. The van der Waals surface area contributed by atoms with Gasteiger partial charge < -0.3 is 0 Å². The van der Waals surface area contributed by atoms with Crippen molar-refractivity contribution in [3.63, 3.8) is 0 Å². The zero-order valence-electron chi connectivity index (χ0n) is 16.3. The van der Waals surface area contributed by atoms with Crippen LogP contribution in [0.15, 0.2) is 54.9 Å². The minimum Gasteiger partial charge on any atom is -0.222 e. The quantitative estimate of drug-likeness (QED) is 0.510. The zero-order valence-corrected chi connectivity index (χ0v) is 16.3. The van der Waals surface area contributed by atoms with E-state index in [2.05, 4.69) is 20.2 Å². The van der Waals surface area contributed by atoms with Gasteiger partial charge >= 0.3 is 0 Å². The summed E-state index contributed by atoms with van der Waals surface area (Å²) < 4.78 is 30.7. The van der Waals surface area contributed by atoms with Crippen LogP contribution in [-0.4, -0.2) is 29.5 Å². The van der Waals surface area contributed by atoms with E-state index in [1.807, 2.05) is 26.0 Å². The molecule has 0 N–H and O–H groups in total. The molecule has 0 aliphatic heterocycles. The first-order chi connectivity index (χ1) is 13.8. The van der Waals surface area contributed by atoms with Crippen molar-refractivity contribution >= 4 is 0 Å². The van der Waals surface area contributed by atoms with Gasteiger partial charge in [0.2, 0.25) is 0 Å². The number of aromatic nitrogens is 6. The summed E-state index contributed by atoms with van der Waals surface area (Å²) in [5.41, 5.74) is 3.17. The molecule has 8 heteroatoms. The second-order valence-corrected chi connectivity index (χ2v) is 7.07. The maximum atomic E-state index is 13.7. The number of hydrogen-bond donors (Lipinski definition) is 0. The van der Waals surface area contributed by atoms with Crippen molar-refractivity contribution in [3.05, 3.63) is 83.1 Å². The molecule has 1 aromatic carbocycles. The summed E-state index contributed by atoms with van der Waals surface area (Å²) >= 11 is 0. The molecular weight excluding hydrogens is 374 g/mol. The van der Waals surface area contributed by atoms with E-state index in [-0.39, 0.29) is 5.56 Å². The van der Waals surface area contributed by atoms with Gasteiger partial charge in [-0.2, -0.15) is 15.2 Å². The van der Waals surface area contributed by atoms with Gasteiger partial charge in [-0.25, -0.2) is 23.1 Å². The summed E-state index contributed by atoms with van der Waals surface area (Å²) in [6.45, 7) is 4.72. The third-order valence-electron chi connectivity index (χ3n) is 4.51. The maximum Gasteiger partial charge on any atom is 0.270 e. The number of halogens is 2. The minimum atomic E-state index is -2.89. The maximum absolute atomic E-state index is 13.7. The molecule has 4 rings (SSSR count). The van der Waals surface area contributed by atoms with Crippen molar-refractivity contribution in [3.8, 4) is 11.8 Å². The number of rotatable bonds is 5. The lowest BCUT2D eigenvalue weighted by atomic mass is 10.0. The van der Waals surface area contributed by atoms with E-state index in [4.69, 9.17) is 0 Å². The standard InChI is InChI=1S/C21H20F2N6/c1-14-10-15(2)29(27-14)20-25-18(13-19(26-20)28-9-5-8-24-28)12-16-6-4-7-17(11-16)21(3,22)23/h4-11,13H,12H2,1-3H3. The van der Waals surface area contributed by atoms with Crippen LogP contribution in [0.2, 0.25) is 0 Å². The normalized spacial score (nSPS) is 11.8. The van der Waals surface area contributed by atoms with Crippen LogP contribution in [-0.2, 0) is 12.3 Å². The van der Waals surface area contributed by atoms with Crippen LogP contribution in [0.4, 0.5) is 8.78 Å². The fraction of sp³-hybridized carbons (Fsp3) is 0.238. The Hall–Kier alpha value is -3.42. The number of nitrogens with zero attached hydrogens (tertiary/aromatic N) is 6. The van der Waals surface area contributed by atoms with Gasteiger partial charge in [0.15, 0.2) is 5.82 Å². The molecule has 0 fully saturated rings. The molecule has 0 aliphatic carbocycles. The predicted octanol–water partition coefficient (Wildman–Crippen LogP) is 4.17. The Morgan fingerprint density at radius 2 is 1.86 bits per heavy atom. The van der Waals surface area contributed by atoms with E-state index in [1.165, 1.54) is 12.1 Å². The number of benzene rings is 1.